The second-order valence-electron chi connectivity index (χ2n) is 5.48. The maximum absolute atomic E-state index is 14.2. The van der Waals surface area contributed by atoms with Crippen LogP contribution in [0.1, 0.15) is 11.1 Å². The molecule has 0 fully saturated rings. The molecular formula is C12F16. The van der Waals surface area contributed by atoms with E-state index >= 15 is 0 Å². The fraction of sp³-hybridized carbons (Fsp3) is 0.500. The van der Waals surface area contributed by atoms with Crippen molar-refractivity contribution >= 4 is 0 Å². The molecule has 1 aromatic rings. The quantitative estimate of drug-likeness (QED) is 0.282. The van der Waals surface area contributed by atoms with E-state index in [0.717, 1.165) is 0 Å². The van der Waals surface area contributed by atoms with E-state index in [1.54, 1.807) is 0 Å². The van der Waals surface area contributed by atoms with Crippen molar-refractivity contribution in [3.8, 4) is 0 Å². The fourth-order valence-corrected chi connectivity index (χ4v) is 3.05. The van der Waals surface area contributed by atoms with Gasteiger partial charge in [0, 0.05) is 5.56 Å². The topological polar surface area (TPSA) is 0 Å². The lowest BCUT2D eigenvalue weighted by Crippen LogP contribution is -2.80. The van der Waals surface area contributed by atoms with Gasteiger partial charge in [-0.1, -0.05) is 0 Å². The summed E-state index contributed by atoms with van der Waals surface area (Å²) in [5, 5.41) is 0. The molecule has 1 atom stereocenters. The SMILES string of the molecule is Fc1c(F)c(F)c2c(c1F)C(F)(F)C2(C(F)(F)F)C(F)(C(F)(F)F)C(F)(F)F. The fourth-order valence-electron chi connectivity index (χ4n) is 3.05. The smallest absolute Gasteiger partial charge is 0.222 e. The zero-order valence-electron chi connectivity index (χ0n) is 12.0. The van der Waals surface area contributed by atoms with E-state index in [9.17, 15) is 70.2 Å². The summed E-state index contributed by atoms with van der Waals surface area (Å²) in [5.74, 6) is -20.7. The highest BCUT2D eigenvalue weighted by molar-refractivity contribution is 5.58. The normalized spacial score (nSPS) is 22.7. The van der Waals surface area contributed by atoms with Crippen molar-refractivity contribution < 1.29 is 70.2 Å². The molecule has 0 spiro atoms. The number of fused-ring (bicyclic) bond motifs is 1. The number of halogens is 16. The molecule has 1 aliphatic carbocycles. The molecule has 0 amide bonds. The van der Waals surface area contributed by atoms with E-state index in [0.29, 0.717) is 0 Å². The minimum absolute atomic E-state index is 3.25. The van der Waals surface area contributed by atoms with Crippen molar-refractivity contribution in [2.24, 2.45) is 0 Å². The Morgan fingerprint density at radius 1 is 0.500 bits per heavy atom. The first-order chi connectivity index (χ1) is 12.1. The Morgan fingerprint density at radius 3 is 1.11 bits per heavy atom. The molecular weight excluding hydrogens is 448 g/mol. The Labute approximate surface area is 141 Å². The summed E-state index contributed by atoms with van der Waals surface area (Å²) in [6.07, 6.45) is -23.3. The van der Waals surface area contributed by atoms with Crippen LogP contribution in [0, 0.1) is 23.3 Å². The van der Waals surface area contributed by atoms with Crippen LogP contribution in [-0.2, 0) is 11.3 Å². The minimum Gasteiger partial charge on any atom is -0.222 e. The van der Waals surface area contributed by atoms with Crippen LogP contribution in [0.2, 0.25) is 0 Å². The summed E-state index contributed by atoms with van der Waals surface area (Å²) in [6, 6.07) is 0. The van der Waals surface area contributed by atoms with Gasteiger partial charge in [-0.3, -0.25) is 0 Å². The van der Waals surface area contributed by atoms with Gasteiger partial charge < -0.3 is 0 Å². The highest BCUT2D eigenvalue weighted by Crippen LogP contribution is 2.76. The van der Waals surface area contributed by atoms with Crippen LogP contribution in [0.25, 0.3) is 0 Å². The molecule has 0 saturated carbocycles. The second-order valence-corrected chi connectivity index (χ2v) is 5.48. The molecule has 0 N–H and O–H groups in total. The zero-order chi connectivity index (χ0) is 22.5. The molecule has 160 valence electrons. The molecule has 0 aliphatic heterocycles. The van der Waals surface area contributed by atoms with Gasteiger partial charge >= 0.3 is 24.2 Å². The summed E-state index contributed by atoms with van der Waals surface area (Å²) >= 11 is 0. The van der Waals surface area contributed by atoms with Gasteiger partial charge in [0.1, 0.15) is 0 Å². The van der Waals surface area contributed by atoms with Gasteiger partial charge in [0.15, 0.2) is 23.3 Å². The average molecular weight is 448 g/mol. The van der Waals surface area contributed by atoms with Gasteiger partial charge in [-0.15, -0.1) is 0 Å². The Hall–Kier alpha value is -1.90. The summed E-state index contributed by atoms with van der Waals surface area (Å²) in [7, 11) is 0. The van der Waals surface area contributed by atoms with E-state index in [4.69, 9.17) is 0 Å². The van der Waals surface area contributed by atoms with Crippen molar-refractivity contribution in [1.29, 1.82) is 0 Å². The molecule has 0 saturated heterocycles. The number of rotatable bonds is 1. The third kappa shape index (κ3) is 2.06. The highest BCUT2D eigenvalue weighted by Gasteiger charge is 2.99. The van der Waals surface area contributed by atoms with Crippen LogP contribution < -0.4 is 0 Å². The summed E-state index contributed by atoms with van der Waals surface area (Å²) in [4.78, 5) is 0. The summed E-state index contributed by atoms with van der Waals surface area (Å²) < 4.78 is 212. The second kappa shape index (κ2) is 5.37. The van der Waals surface area contributed by atoms with E-state index < -0.39 is 69.9 Å². The molecule has 0 aromatic heterocycles. The van der Waals surface area contributed by atoms with Crippen molar-refractivity contribution in [2.45, 2.75) is 35.5 Å². The standard InChI is InChI=1S/C12F16/c13-3-1-2(4(14)6(16)5(3)15)8(17,18)7(1,10(20,21)22)9(19,11(23,24)25)12(26,27)28. The minimum atomic E-state index is -7.97. The number of hydrogen-bond donors (Lipinski definition) is 0. The van der Waals surface area contributed by atoms with Crippen LogP contribution >= 0.6 is 0 Å². The molecule has 0 nitrogen and oxygen atoms in total. The predicted octanol–water partition coefficient (Wildman–Crippen LogP) is 5.98. The monoisotopic (exact) mass is 448 g/mol. The Balaban J connectivity index is 3.24. The van der Waals surface area contributed by atoms with Crippen molar-refractivity contribution in [1.82, 2.24) is 0 Å². The van der Waals surface area contributed by atoms with Gasteiger partial charge in [0.05, 0.1) is 5.56 Å². The van der Waals surface area contributed by atoms with Gasteiger partial charge in [0.25, 0.3) is 5.92 Å². The maximum Gasteiger partial charge on any atom is 0.433 e. The molecule has 16 heteroatoms. The first-order valence-corrected chi connectivity index (χ1v) is 6.27. The number of alkyl halides is 12. The van der Waals surface area contributed by atoms with Crippen LogP contribution in [0.15, 0.2) is 0 Å². The lowest BCUT2D eigenvalue weighted by Gasteiger charge is -2.56. The van der Waals surface area contributed by atoms with Gasteiger partial charge in [-0.05, 0) is 0 Å². The van der Waals surface area contributed by atoms with E-state index in [2.05, 4.69) is 0 Å². The van der Waals surface area contributed by atoms with E-state index in [-0.39, 0.29) is 0 Å². The molecule has 2 rings (SSSR count). The van der Waals surface area contributed by atoms with Crippen molar-refractivity contribution in [3.63, 3.8) is 0 Å². The van der Waals surface area contributed by atoms with Crippen LogP contribution in [0.5, 0.6) is 0 Å². The third-order valence-corrected chi connectivity index (χ3v) is 4.15. The Kier molecular flexibility index (Phi) is 4.29. The molecule has 28 heavy (non-hydrogen) atoms. The summed E-state index contributed by atoms with van der Waals surface area (Å²) in [6.45, 7) is 0. The first kappa shape index (κ1) is 22.4. The van der Waals surface area contributed by atoms with Crippen molar-refractivity contribution in [2.75, 3.05) is 0 Å². The third-order valence-electron chi connectivity index (χ3n) is 4.15. The van der Waals surface area contributed by atoms with Gasteiger partial charge in [-0.25, -0.2) is 22.0 Å². The van der Waals surface area contributed by atoms with E-state index in [1.807, 2.05) is 0 Å². The lowest BCUT2D eigenvalue weighted by atomic mass is 9.51. The van der Waals surface area contributed by atoms with Crippen LogP contribution in [-0.4, -0.2) is 24.2 Å². The Bertz CT molecular complexity index is 810. The molecule has 0 bridgehead atoms. The molecule has 1 aliphatic rings. The van der Waals surface area contributed by atoms with Crippen LogP contribution in [0.3, 0.4) is 0 Å². The lowest BCUT2D eigenvalue weighted by molar-refractivity contribution is -0.435. The Morgan fingerprint density at radius 2 is 0.821 bits per heavy atom. The zero-order valence-corrected chi connectivity index (χ0v) is 12.0. The van der Waals surface area contributed by atoms with Gasteiger partial charge in [0.2, 0.25) is 5.41 Å². The number of hydrogen-bond acceptors (Lipinski definition) is 0. The average Bonchev–Trinajstić information content (AvgIpc) is 2.45. The van der Waals surface area contributed by atoms with Crippen LogP contribution in [0.4, 0.5) is 70.2 Å². The summed E-state index contributed by atoms with van der Waals surface area (Å²) in [5.41, 5.74) is -22.2. The molecule has 0 radical (unpaired) electrons. The predicted molar refractivity (Wildman–Crippen MR) is 53.8 cm³/mol. The van der Waals surface area contributed by atoms with E-state index in [1.165, 1.54) is 0 Å². The van der Waals surface area contributed by atoms with Crippen molar-refractivity contribution in [3.05, 3.63) is 34.4 Å². The van der Waals surface area contributed by atoms with Gasteiger partial charge in [-0.2, -0.15) is 48.3 Å². The molecule has 1 aromatic carbocycles. The molecule has 0 heterocycles. The largest absolute Gasteiger partial charge is 0.433 e. The maximum atomic E-state index is 14.2. The highest BCUT2D eigenvalue weighted by atomic mass is 19.4. The first-order valence-electron chi connectivity index (χ1n) is 6.27. The molecule has 1 unspecified atom stereocenters. The number of benzene rings is 1.